The Morgan fingerprint density at radius 2 is 1.97 bits per heavy atom. The molecule has 7 nitrogen and oxygen atoms in total. The number of hydrogen-bond acceptors (Lipinski definition) is 5. The van der Waals surface area contributed by atoms with Crippen LogP contribution in [0.3, 0.4) is 0 Å². The molecule has 1 heterocycles. The van der Waals surface area contributed by atoms with Crippen LogP contribution in [-0.2, 0) is 19.6 Å². The molecule has 0 aromatic heterocycles. The van der Waals surface area contributed by atoms with E-state index < -0.39 is 10.0 Å². The van der Waals surface area contributed by atoms with E-state index in [1.54, 1.807) is 6.07 Å². The number of amides is 1. The third kappa shape index (κ3) is 4.72. The summed E-state index contributed by atoms with van der Waals surface area (Å²) in [6, 6.07) is 12.1. The van der Waals surface area contributed by atoms with Gasteiger partial charge in [-0.15, -0.1) is 0 Å². The molecule has 0 radical (unpaired) electrons. The van der Waals surface area contributed by atoms with Crippen LogP contribution >= 0.6 is 11.6 Å². The number of nitrogens with zero attached hydrogens (tertiary/aromatic N) is 1. The quantitative estimate of drug-likeness (QED) is 0.677. The first-order valence-corrected chi connectivity index (χ1v) is 12.1. The zero-order valence-corrected chi connectivity index (χ0v) is 18.8. The molecule has 2 atom stereocenters. The van der Waals surface area contributed by atoms with Gasteiger partial charge in [-0.2, -0.15) is 4.31 Å². The number of ether oxygens (including phenoxy) is 2. The van der Waals surface area contributed by atoms with Crippen LogP contribution in [0, 0.1) is 5.92 Å². The molecule has 166 valence electrons. The van der Waals surface area contributed by atoms with Gasteiger partial charge < -0.3 is 14.8 Å². The Bertz CT molecular complexity index is 1070. The second kappa shape index (κ2) is 9.16. The van der Waals surface area contributed by atoms with Crippen molar-refractivity contribution in [2.45, 2.75) is 24.2 Å². The van der Waals surface area contributed by atoms with Gasteiger partial charge in [0.15, 0.2) is 0 Å². The lowest BCUT2D eigenvalue weighted by atomic mass is 10.1. The van der Waals surface area contributed by atoms with Gasteiger partial charge in [0.2, 0.25) is 15.9 Å². The lowest BCUT2D eigenvalue weighted by molar-refractivity contribution is -0.117. The number of sulfonamides is 1. The fourth-order valence-corrected chi connectivity index (χ4v) is 5.52. The van der Waals surface area contributed by atoms with Crippen molar-refractivity contribution in [1.82, 2.24) is 4.31 Å². The van der Waals surface area contributed by atoms with Gasteiger partial charge in [0.25, 0.3) is 0 Å². The van der Waals surface area contributed by atoms with Crippen molar-refractivity contribution in [3.05, 3.63) is 53.1 Å². The molecule has 0 bridgehead atoms. The first-order chi connectivity index (χ1) is 14.9. The topological polar surface area (TPSA) is 84.9 Å². The minimum absolute atomic E-state index is 0.0597. The monoisotopic (exact) mass is 464 g/mol. The molecule has 1 saturated heterocycles. The van der Waals surface area contributed by atoms with Crippen molar-refractivity contribution in [1.29, 1.82) is 0 Å². The zero-order valence-electron chi connectivity index (χ0n) is 17.2. The van der Waals surface area contributed by atoms with E-state index in [1.165, 1.54) is 16.4 Å². The number of hydrogen-bond donors (Lipinski definition) is 1. The van der Waals surface area contributed by atoms with E-state index in [4.69, 9.17) is 21.1 Å². The van der Waals surface area contributed by atoms with Gasteiger partial charge in [-0.25, -0.2) is 8.42 Å². The van der Waals surface area contributed by atoms with E-state index >= 15 is 0 Å². The number of nitrogens with one attached hydrogen (secondary N) is 1. The Kier molecular flexibility index (Phi) is 6.52. The summed E-state index contributed by atoms with van der Waals surface area (Å²) in [5.41, 5.74) is 1.31. The van der Waals surface area contributed by atoms with E-state index in [0.29, 0.717) is 55.8 Å². The SMILES string of the molecule is CCOc1ccc(S(=O)(=O)N2CCOCC2)cc1NC(=O)C1CC1c1ccccc1Cl. The number of rotatable bonds is 7. The fraction of sp³-hybridized carbons (Fsp3) is 0.409. The van der Waals surface area contributed by atoms with Crippen molar-refractivity contribution in [2.75, 3.05) is 38.2 Å². The molecule has 9 heteroatoms. The lowest BCUT2D eigenvalue weighted by Crippen LogP contribution is -2.40. The highest BCUT2D eigenvalue weighted by Gasteiger charge is 2.45. The minimum atomic E-state index is -3.69. The van der Waals surface area contributed by atoms with Crippen LogP contribution in [0.2, 0.25) is 5.02 Å². The van der Waals surface area contributed by atoms with E-state index in [9.17, 15) is 13.2 Å². The summed E-state index contributed by atoms with van der Waals surface area (Å²) in [5, 5.41) is 3.53. The number of benzene rings is 2. The van der Waals surface area contributed by atoms with Crippen molar-refractivity contribution in [2.24, 2.45) is 5.92 Å². The number of halogens is 1. The molecule has 2 unspecified atom stereocenters. The van der Waals surface area contributed by atoms with Crippen molar-refractivity contribution in [3.63, 3.8) is 0 Å². The summed E-state index contributed by atoms with van der Waals surface area (Å²) < 4.78 is 38.3. The Hall–Kier alpha value is -2.13. The predicted molar refractivity (Wildman–Crippen MR) is 118 cm³/mol. The van der Waals surface area contributed by atoms with Crippen LogP contribution in [0.15, 0.2) is 47.4 Å². The number of carbonyl (C=O) groups is 1. The maximum absolute atomic E-state index is 13.0. The molecule has 1 aliphatic carbocycles. The molecule has 2 fully saturated rings. The Morgan fingerprint density at radius 1 is 1.23 bits per heavy atom. The molecule has 1 saturated carbocycles. The summed E-state index contributed by atoms with van der Waals surface area (Å²) in [4.78, 5) is 13.0. The van der Waals surface area contributed by atoms with E-state index in [2.05, 4.69) is 5.32 Å². The van der Waals surface area contributed by atoms with Gasteiger partial charge in [0, 0.05) is 24.0 Å². The van der Waals surface area contributed by atoms with Gasteiger partial charge >= 0.3 is 0 Å². The Labute approximate surface area is 187 Å². The van der Waals surface area contributed by atoms with E-state index in [0.717, 1.165) is 5.56 Å². The lowest BCUT2D eigenvalue weighted by Gasteiger charge is -2.26. The van der Waals surface area contributed by atoms with Crippen LogP contribution in [0.1, 0.15) is 24.8 Å². The molecule has 2 aromatic carbocycles. The second-order valence-electron chi connectivity index (χ2n) is 7.57. The van der Waals surface area contributed by atoms with Crippen LogP contribution in [0.4, 0.5) is 5.69 Å². The largest absolute Gasteiger partial charge is 0.492 e. The molecule has 4 rings (SSSR count). The summed E-state index contributed by atoms with van der Waals surface area (Å²) in [7, 11) is -3.69. The highest BCUT2D eigenvalue weighted by molar-refractivity contribution is 7.89. The standard InChI is InChI=1S/C22H25ClN2O5S/c1-2-30-21-8-7-15(31(27,28)25-9-11-29-12-10-25)13-20(21)24-22(26)18-14-17(18)16-5-3-4-6-19(16)23/h3-8,13,17-18H,2,9-12,14H2,1H3,(H,24,26). The van der Waals surface area contributed by atoms with Crippen LogP contribution < -0.4 is 10.1 Å². The van der Waals surface area contributed by atoms with E-state index in [1.807, 2.05) is 31.2 Å². The second-order valence-corrected chi connectivity index (χ2v) is 9.91. The molecule has 2 aromatic rings. The molecule has 2 aliphatic rings. The van der Waals surface area contributed by atoms with Gasteiger partial charge in [-0.1, -0.05) is 29.8 Å². The van der Waals surface area contributed by atoms with Crippen molar-refractivity contribution in [3.8, 4) is 5.75 Å². The summed E-state index contributed by atoms with van der Waals surface area (Å²) >= 11 is 6.27. The first kappa shape index (κ1) is 22.1. The van der Waals surface area contributed by atoms with Crippen LogP contribution in [0.25, 0.3) is 0 Å². The molecule has 1 N–H and O–H groups in total. The number of carbonyl (C=O) groups excluding carboxylic acids is 1. The zero-order chi connectivity index (χ0) is 22.0. The molecular formula is C22H25ClN2O5S. The summed E-state index contributed by atoms with van der Waals surface area (Å²) in [5.74, 6) is 0.108. The molecular weight excluding hydrogens is 440 g/mol. The number of anilines is 1. The van der Waals surface area contributed by atoms with Crippen molar-refractivity contribution < 1.29 is 22.7 Å². The third-order valence-corrected chi connectivity index (χ3v) is 7.79. The predicted octanol–water partition coefficient (Wildman–Crippen LogP) is 3.50. The van der Waals surface area contributed by atoms with Crippen molar-refractivity contribution >= 4 is 33.2 Å². The maximum atomic E-state index is 13.0. The summed E-state index contributed by atoms with van der Waals surface area (Å²) in [6.07, 6.45) is 0.700. The normalized spacial score (nSPS) is 21.5. The van der Waals surface area contributed by atoms with Gasteiger partial charge in [-0.3, -0.25) is 4.79 Å². The highest BCUT2D eigenvalue weighted by atomic mass is 35.5. The average Bonchev–Trinajstić information content (AvgIpc) is 3.57. The first-order valence-electron chi connectivity index (χ1n) is 10.3. The number of morpholine rings is 1. The van der Waals surface area contributed by atoms with Gasteiger partial charge in [0.05, 0.1) is 30.4 Å². The molecule has 1 amide bonds. The van der Waals surface area contributed by atoms with Gasteiger partial charge in [0.1, 0.15) is 5.75 Å². The maximum Gasteiger partial charge on any atom is 0.243 e. The Morgan fingerprint density at radius 3 is 2.68 bits per heavy atom. The smallest absolute Gasteiger partial charge is 0.243 e. The van der Waals surface area contributed by atoms with E-state index in [-0.39, 0.29) is 22.6 Å². The minimum Gasteiger partial charge on any atom is -0.492 e. The molecule has 0 spiro atoms. The molecule has 1 aliphatic heterocycles. The highest BCUT2D eigenvalue weighted by Crippen LogP contribution is 2.50. The average molecular weight is 465 g/mol. The fourth-order valence-electron chi connectivity index (χ4n) is 3.81. The van der Waals surface area contributed by atoms with Gasteiger partial charge in [-0.05, 0) is 49.1 Å². The molecule has 31 heavy (non-hydrogen) atoms. The van der Waals surface area contributed by atoms with Crippen LogP contribution in [0.5, 0.6) is 5.75 Å². The Balaban J connectivity index is 1.55. The third-order valence-electron chi connectivity index (χ3n) is 5.55. The summed E-state index contributed by atoms with van der Waals surface area (Å²) in [6.45, 7) is 3.57. The van der Waals surface area contributed by atoms with Crippen LogP contribution in [-0.4, -0.2) is 51.5 Å².